The number of halogens is 3. The predicted octanol–water partition coefficient (Wildman–Crippen LogP) is 9.04. The molecule has 0 atom stereocenters. The van der Waals surface area contributed by atoms with E-state index in [1.165, 1.54) is 0 Å². The molecule has 0 amide bonds. The number of hydrogen-bond donors (Lipinski definition) is 0. The second-order valence-corrected chi connectivity index (χ2v) is 12.4. The van der Waals surface area contributed by atoms with Crippen molar-refractivity contribution in [2.45, 2.75) is 0 Å². The van der Waals surface area contributed by atoms with Gasteiger partial charge in [0.25, 0.3) is 0 Å². The monoisotopic (exact) mass is 636 g/mol. The Labute approximate surface area is 213 Å². The summed E-state index contributed by atoms with van der Waals surface area (Å²) in [6, 6.07) is 29.6. The van der Waals surface area contributed by atoms with E-state index in [0.29, 0.717) is 0 Å². The van der Waals surface area contributed by atoms with Crippen LogP contribution in [0.4, 0.5) is 0 Å². The Morgan fingerprint density at radius 1 is 0.500 bits per heavy atom. The van der Waals surface area contributed by atoms with Gasteiger partial charge in [0.1, 0.15) is 0 Å². The van der Waals surface area contributed by atoms with Crippen molar-refractivity contribution in [2.24, 2.45) is 0 Å². The Balaban J connectivity index is -0.000000134. The molecule has 0 nitrogen and oxygen atoms in total. The van der Waals surface area contributed by atoms with E-state index in [1.807, 2.05) is 109 Å². The van der Waals surface area contributed by atoms with E-state index in [1.54, 1.807) is 0 Å². The van der Waals surface area contributed by atoms with Crippen LogP contribution in [0.1, 0.15) is 16.7 Å². The van der Waals surface area contributed by atoms with Gasteiger partial charge in [-0.3, -0.25) is 0 Å². The fourth-order valence-electron chi connectivity index (χ4n) is 1.43. The molecule has 0 aromatic heterocycles. The van der Waals surface area contributed by atoms with Gasteiger partial charge >= 0.3 is 72.8 Å². The molecule has 150 valence electrons. The molecule has 0 aliphatic carbocycles. The molecule has 3 rings (SSSR count). The van der Waals surface area contributed by atoms with Crippen LogP contribution >= 0.6 is 39.5 Å². The molecule has 0 spiro atoms. The fraction of sp³-hybridized carbons (Fsp3) is 0. The Hall–Kier alpha value is 0.139. The van der Waals surface area contributed by atoms with E-state index in [9.17, 15) is 0 Å². The number of hydrogen-bond acceptors (Lipinski definition) is 0. The summed E-state index contributed by atoms with van der Waals surface area (Å²) in [7, 11) is 0. The summed E-state index contributed by atoms with van der Waals surface area (Å²) < 4.78 is 0. The second-order valence-electron chi connectivity index (χ2n) is 4.53. The Bertz CT molecular complexity index is 517. The maximum absolute atomic E-state index is 3.72. The van der Waals surface area contributed by atoms with E-state index in [-0.39, 0.29) is 29.8 Å². The summed E-state index contributed by atoms with van der Waals surface area (Å²) in [6.45, 7) is 11.2. The summed E-state index contributed by atoms with van der Waals surface area (Å²) in [5.41, 5.74) is 3.22. The molecule has 0 fully saturated rings. The average molecular weight is 639 g/mol. The van der Waals surface area contributed by atoms with Crippen LogP contribution in [0.5, 0.6) is 0 Å². The number of rotatable bonds is 0. The molecule has 0 radical (unpaired) electrons. The van der Waals surface area contributed by atoms with Crippen LogP contribution in [0.3, 0.4) is 0 Å². The van der Waals surface area contributed by atoms with Gasteiger partial charge in [-0.25, -0.2) is 0 Å². The molecule has 5 heteroatoms. The summed E-state index contributed by atoms with van der Waals surface area (Å²) in [5.74, 6) is 0. The quantitative estimate of drug-likeness (QED) is 0.170. The molecule has 3 aromatic rings. The van der Waals surface area contributed by atoms with Gasteiger partial charge in [0, 0.05) is 0 Å². The van der Waals surface area contributed by atoms with Gasteiger partial charge in [0.15, 0.2) is 0 Å². The van der Waals surface area contributed by atoms with Crippen molar-refractivity contribution < 1.29 is 33.3 Å². The van der Waals surface area contributed by atoms with Crippen molar-refractivity contribution in [1.29, 1.82) is 0 Å². The van der Waals surface area contributed by atoms with Gasteiger partial charge in [0.05, 0.1) is 0 Å². The van der Waals surface area contributed by atoms with E-state index in [2.05, 4.69) is 60.3 Å². The van der Waals surface area contributed by atoms with E-state index < -0.39 is 0 Å². The molecule has 0 aliphatic heterocycles. The van der Waals surface area contributed by atoms with Crippen LogP contribution in [0.25, 0.3) is 0 Å². The van der Waals surface area contributed by atoms with E-state index in [4.69, 9.17) is 0 Å². The van der Waals surface area contributed by atoms with E-state index >= 15 is 0 Å². The third-order valence-corrected chi connectivity index (χ3v) is 2.53. The third kappa shape index (κ3) is 28.3. The maximum atomic E-state index is 3.72. The molecule has 0 unspecified atom stereocenters. The minimum absolute atomic E-state index is 0. The molecule has 0 heterocycles. The molecular formula is C23H27Br3Ti2-2. The first-order chi connectivity index (χ1) is 12.6. The Morgan fingerprint density at radius 2 is 0.643 bits per heavy atom. The molecule has 0 saturated heterocycles. The van der Waals surface area contributed by atoms with Crippen LogP contribution in [-0.4, -0.2) is 0 Å². The van der Waals surface area contributed by atoms with Crippen LogP contribution < -0.4 is 0 Å². The third-order valence-electron chi connectivity index (χ3n) is 2.53. The Kier molecular flexibility index (Phi) is 37.3. The van der Waals surface area contributed by atoms with Crippen molar-refractivity contribution in [3.05, 3.63) is 143 Å². The molecule has 3 aromatic carbocycles. The second kappa shape index (κ2) is 29.3. The van der Waals surface area contributed by atoms with Crippen molar-refractivity contribution in [3.63, 3.8) is 0 Å². The van der Waals surface area contributed by atoms with Crippen molar-refractivity contribution in [1.82, 2.24) is 0 Å². The van der Waals surface area contributed by atoms with Gasteiger partial charge in [-0.2, -0.15) is 73.9 Å². The summed E-state index contributed by atoms with van der Waals surface area (Å²) in [6.07, 6.45) is 0. The fourth-order valence-corrected chi connectivity index (χ4v) is 1.43. The SMILES string of the molecule is [Br][Ti][Br].[CH2-]c1ccccc1.[CH2-]c1ccccc1.[CH2-]c1ccccc1.[CH3-].[CH3-].[Ti+3][Br]. The topological polar surface area (TPSA) is 0 Å². The minimum atomic E-state index is 0. The van der Waals surface area contributed by atoms with Gasteiger partial charge in [-0.15, -0.1) is 36.4 Å². The molecule has 0 N–H and O–H groups in total. The zero-order valence-electron chi connectivity index (χ0n) is 16.4. The summed E-state index contributed by atoms with van der Waals surface area (Å²) in [5, 5.41) is 0. The van der Waals surface area contributed by atoms with Crippen molar-refractivity contribution in [3.8, 4) is 0 Å². The molecule has 0 bridgehead atoms. The van der Waals surface area contributed by atoms with Gasteiger partial charge < -0.3 is 14.9 Å². The van der Waals surface area contributed by atoms with Crippen LogP contribution in [0.2, 0.25) is 0 Å². The van der Waals surface area contributed by atoms with Crippen LogP contribution in [0, 0.1) is 35.6 Å². The normalized spacial score (nSPS) is 7.18. The van der Waals surface area contributed by atoms with Gasteiger partial charge in [-0.05, 0) is 0 Å². The summed E-state index contributed by atoms with van der Waals surface area (Å²) >= 11 is 11.2. The van der Waals surface area contributed by atoms with Crippen molar-refractivity contribution >= 4 is 39.5 Å². The first-order valence-electron chi connectivity index (χ1n) is 7.36. The van der Waals surface area contributed by atoms with Gasteiger partial charge in [-0.1, -0.05) is 18.2 Å². The van der Waals surface area contributed by atoms with Gasteiger partial charge in [0.2, 0.25) is 0 Å². The molecule has 28 heavy (non-hydrogen) atoms. The zero-order valence-corrected chi connectivity index (χ0v) is 24.3. The van der Waals surface area contributed by atoms with Crippen molar-refractivity contribution in [2.75, 3.05) is 0 Å². The number of benzene rings is 3. The standard InChI is InChI=1S/3C7H7.2CH3.3BrH.2Ti/c3*1-7-5-3-2-4-6-7;;;;;;;/h3*2-6H,1H2;2*1H3;3*1H;;/q5*-1;;;;+2;+4/p-3. The Morgan fingerprint density at radius 3 is 0.714 bits per heavy atom. The molecule has 0 aliphatic rings. The zero-order chi connectivity index (χ0) is 20.0. The first-order valence-corrected chi connectivity index (χ1v) is 18.9. The van der Waals surface area contributed by atoms with Crippen LogP contribution in [0.15, 0.2) is 91.0 Å². The first kappa shape index (κ1) is 35.6. The average Bonchev–Trinajstić information content (AvgIpc) is 2.67. The predicted molar refractivity (Wildman–Crippen MR) is 132 cm³/mol. The van der Waals surface area contributed by atoms with E-state index in [0.717, 1.165) is 16.7 Å². The molecule has 0 saturated carbocycles. The van der Waals surface area contributed by atoms with Crippen LogP contribution in [-0.2, 0) is 33.3 Å². The summed E-state index contributed by atoms with van der Waals surface area (Å²) in [4.78, 5) is 0. The molecular weight excluding hydrogens is 612 g/mol.